The zero-order valence-corrected chi connectivity index (χ0v) is 11.2. The molecule has 1 heterocycles. The van der Waals surface area contributed by atoms with Crippen molar-refractivity contribution in [3.63, 3.8) is 0 Å². The van der Waals surface area contributed by atoms with Crippen molar-refractivity contribution in [1.82, 2.24) is 14.8 Å². The lowest BCUT2D eigenvalue weighted by atomic mass is 10.1. The van der Waals surface area contributed by atoms with Gasteiger partial charge in [-0.3, -0.25) is 4.57 Å². The molecule has 0 saturated heterocycles. The Morgan fingerprint density at radius 3 is 2.58 bits per heavy atom. The van der Waals surface area contributed by atoms with Crippen molar-refractivity contribution in [1.29, 1.82) is 0 Å². The number of para-hydroxylation sites is 1. The van der Waals surface area contributed by atoms with Crippen molar-refractivity contribution < 1.29 is 0 Å². The molecule has 0 bridgehead atoms. The van der Waals surface area contributed by atoms with Gasteiger partial charge in [0.25, 0.3) is 0 Å². The standard InChI is InChI=1S/C15H12ClN3/c1-11-9-12(16)7-8-14(11)15-18-17-10-19(15)13-5-3-2-4-6-13/h2-10H,1H3. The minimum atomic E-state index is 0.729. The van der Waals surface area contributed by atoms with Crippen molar-refractivity contribution in [3.8, 4) is 17.1 Å². The van der Waals surface area contributed by atoms with Gasteiger partial charge in [-0.15, -0.1) is 10.2 Å². The average Bonchev–Trinajstić information content (AvgIpc) is 2.89. The molecular formula is C15H12ClN3. The molecule has 0 aliphatic rings. The fraction of sp³-hybridized carbons (Fsp3) is 0.0667. The van der Waals surface area contributed by atoms with Crippen molar-refractivity contribution in [2.75, 3.05) is 0 Å². The van der Waals surface area contributed by atoms with Crippen LogP contribution in [0.3, 0.4) is 0 Å². The Balaban J connectivity index is 2.15. The Morgan fingerprint density at radius 1 is 1.05 bits per heavy atom. The van der Waals surface area contributed by atoms with E-state index in [1.54, 1.807) is 6.33 Å². The molecule has 1 aromatic heterocycles. The van der Waals surface area contributed by atoms with E-state index >= 15 is 0 Å². The first-order valence-corrected chi connectivity index (χ1v) is 6.35. The first kappa shape index (κ1) is 11.9. The monoisotopic (exact) mass is 269 g/mol. The topological polar surface area (TPSA) is 30.7 Å². The second-order valence-corrected chi connectivity index (χ2v) is 4.76. The molecule has 0 aliphatic carbocycles. The van der Waals surface area contributed by atoms with Crippen LogP contribution in [0.4, 0.5) is 0 Å². The molecule has 0 fully saturated rings. The molecule has 3 aromatic rings. The van der Waals surface area contributed by atoms with Crippen LogP contribution in [-0.4, -0.2) is 14.8 Å². The van der Waals surface area contributed by atoms with Crippen molar-refractivity contribution in [2.45, 2.75) is 6.92 Å². The lowest BCUT2D eigenvalue weighted by Gasteiger charge is -2.08. The van der Waals surface area contributed by atoms with Gasteiger partial charge in [0.05, 0.1) is 0 Å². The van der Waals surface area contributed by atoms with Gasteiger partial charge in [-0.05, 0) is 42.8 Å². The summed E-state index contributed by atoms with van der Waals surface area (Å²) >= 11 is 5.99. The summed E-state index contributed by atoms with van der Waals surface area (Å²) in [6, 6.07) is 15.8. The predicted molar refractivity (Wildman–Crippen MR) is 76.5 cm³/mol. The maximum atomic E-state index is 5.99. The largest absolute Gasteiger partial charge is 0.282 e. The summed E-state index contributed by atoms with van der Waals surface area (Å²) < 4.78 is 1.97. The molecule has 3 rings (SSSR count). The molecular weight excluding hydrogens is 258 g/mol. The quantitative estimate of drug-likeness (QED) is 0.706. The van der Waals surface area contributed by atoms with Gasteiger partial charge < -0.3 is 0 Å². The van der Waals surface area contributed by atoms with E-state index in [-0.39, 0.29) is 0 Å². The Morgan fingerprint density at radius 2 is 1.84 bits per heavy atom. The van der Waals surface area contributed by atoms with Crippen LogP contribution in [-0.2, 0) is 0 Å². The number of aryl methyl sites for hydroxylation is 1. The zero-order valence-electron chi connectivity index (χ0n) is 10.4. The normalized spacial score (nSPS) is 10.6. The van der Waals surface area contributed by atoms with Gasteiger partial charge in [-0.2, -0.15) is 0 Å². The highest BCUT2D eigenvalue weighted by molar-refractivity contribution is 6.30. The number of hydrogen-bond acceptors (Lipinski definition) is 2. The van der Waals surface area contributed by atoms with E-state index in [1.165, 1.54) is 0 Å². The van der Waals surface area contributed by atoms with E-state index in [0.29, 0.717) is 0 Å². The highest BCUT2D eigenvalue weighted by Crippen LogP contribution is 2.26. The molecule has 2 aromatic carbocycles. The zero-order chi connectivity index (χ0) is 13.2. The molecule has 0 saturated carbocycles. The van der Waals surface area contributed by atoms with Crippen LogP contribution in [0, 0.1) is 6.92 Å². The third kappa shape index (κ3) is 2.25. The molecule has 0 spiro atoms. The molecule has 94 valence electrons. The predicted octanol–water partition coefficient (Wildman–Crippen LogP) is 3.90. The van der Waals surface area contributed by atoms with Crippen LogP contribution in [0.5, 0.6) is 0 Å². The van der Waals surface area contributed by atoms with Crippen LogP contribution >= 0.6 is 11.6 Å². The summed E-state index contributed by atoms with van der Waals surface area (Å²) in [7, 11) is 0. The van der Waals surface area contributed by atoms with Gasteiger partial charge >= 0.3 is 0 Å². The van der Waals surface area contributed by atoms with E-state index in [1.807, 2.05) is 60.0 Å². The lowest BCUT2D eigenvalue weighted by molar-refractivity contribution is 1.06. The Hall–Kier alpha value is -2.13. The van der Waals surface area contributed by atoms with Crippen molar-refractivity contribution in [3.05, 3.63) is 65.4 Å². The van der Waals surface area contributed by atoms with Gasteiger partial charge in [0, 0.05) is 16.3 Å². The lowest BCUT2D eigenvalue weighted by Crippen LogP contribution is -1.97. The average molecular weight is 270 g/mol. The minimum absolute atomic E-state index is 0.729. The van der Waals surface area contributed by atoms with Gasteiger partial charge in [-0.1, -0.05) is 29.8 Å². The van der Waals surface area contributed by atoms with Crippen molar-refractivity contribution in [2.24, 2.45) is 0 Å². The van der Waals surface area contributed by atoms with Crippen LogP contribution in [0.25, 0.3) is 17.1 Å². The summed E-state index contributed by atoms with van der Waals surface area (Å²) in [5.74, 6) is 0.820. The molecule has 3 nitrogen and oxygen atoms in total. The summed E-state index contributed by atoms with van der Waals surface area (Å²) in [6.45, 7) is 2.02. The van der Waals surface area contributed by atoms with Crippen LogP contribution in [0.15, 0.2) is 54.9 Å². The molecule has 0 N–H and O–H groups in total. The smallest absolute Gasteiger partial charge is 0.168 e. The van der Waals surface area contributed by atoms with Crippen LogP contribution in [0.2, 0.25) is 5.02 Å². The number of halogens is 1. The van der Waals surface area contributed by atoms with Gasteiger partial charge in [0.15, 0.2) is 5.82 Å². The molecule has 0 radical (unpaired) electrons. The molecule has 4 heteroatoms. The number of rotatable bonds is 2. The maximum Gasteiger partial charge on any atom is 0.168 e. The summed E-state index contributed by atoms with van der Waals surface area (Å²) in [6.07, 6.45) is 1.72. The van der Waals surface area contributed by atoms with E-state index < -0.39 is 0 Å². The van der Waals surface area contributed by atoms with E-state index in [9.17, 15) is 0 Å². The number of aromatic nitrogens is 3. The molecule has 0 aliphatic heterocycles. The minimum Gasteiger partial charge on any atom is -0.282 e. The number of benzene rings is 2. The van der Waals surface area contributed by atoms with E-state index in [2.05, 4.69) is 10.2 Å². The second-order valence-electron chi connectivity index (χ2n) is 4.32. The van der Waals surface area contributed by atoms with Gasteiger partial charge in [0.1, 0.15) is 6.33 Å². The molecule has 0 unspecified atom stereocenters. The third-order valence-electron chi connectivity index (χ3n) is 3.01. The number of nitrogens with zero attached hydrogens (tertiary/aromatic N) is 3. The first-order valence-electron chi connectivity index (χ1n) is 5.97. The molecule has 0 amide bonds. The summed E-state index contributed by atoms with van der Waals surface area (Å²) in [5.41, 5.74) is 3.15. The highest BCUT2D eigenvalue weighted by atomic mass is 35.5. The van der Waals surface area contributed by atoms with E-state index in [0.717, 1.165) is 27.7 Å². The fourth-order valence-electron chi connectivity index (χ4n) is 2.07. The Labute approximate surface area is 116 Å². The van der Waals surface area contributed by atoms with Gasteiger partial charge in [-0.25, -0.2) is 0 Å². The summed E-state index contributed by atoms with van der Waals surface area (Å²) in [5, 5.41) is 8.97. The first-order chi connectivity index (χ1) is 9.25. The summed E-state index contributed by atoms with van der Waals surface area (Å²) in [4.78, 5) is 0. The van der Waals surface area contributed by atoms with Crippen molar-refractivity contribution >= 4 is 11.6 Å². The number of hydrogen-bond donors (Lipinski definition) is 0. The van der Waals surface area contributed by atoms with Gasteiger partial charge in [0.2, 0.25) is 0 Å². The molecule has 0 atom stereocenters. The Bertz CT molecular complexity index is 704. The fourth-order valence-corrected chi connectivity index (χ4v) is 2.30. The van der Waals surface area contributed by atoms with Crippen LogP contribution < -0.4 is 0 Å². The highest BCUT2D eigenvalue weighted by Gasteiger charge is 2.11. The van der Waals surface area contributed by atoms with E-state index in [4.69, 9.17) is 11.6 Å². The second kappa shape index (κ2) is 4.86. The van der Waals surface area contributed by atoms with Crippen LogP contribution in [0.1, 0.15) is 5.56 Å². The Kier molecular flexibility index (Phi) is 3.05. The maximum absolute atomic E-state index is 5.99. The third-order valence-corrected chi connectivity index (χ3v) is 3.25. The molecule has 19 heavy (non-hydrogen) atoms. The SMILES string of the molecule is Cc1cc(Cl)ccc1-c1nncn1-c1ccccc1.